The van der Waals surface area contributed by atoms with Gasteiger partial charge in [-0.3, -0.25) is 30.1 Å². The van der Waals surface area contributed by atoms with Crippen LogP contribution in [0.15, 0.2) is 30.3 Å². The van der Waals surface area contributed by atoms with Gasteiger partial charge >= 0.3 is 6.03 Å². The van der Waals surface area contributed by atoms with Gasteiger partial charge in [0.15, 0.2) is 0 Å². The van der Waals surface area contributed by atoms with Crippen LogP contribution < -0.4 is 16.2 Å². The van der Waals surface area contributed by atoms with E-state index < -0.39 is 29.9 Å². The Morgan fingerprint density at radius 1 is 1.10 bits per heavy atom. The molecule has 3 N–H and O–H groups in total. The molecule has 1 aromatic carbocycles. The van der Waals surface area contributed by atoms with E-state index in [0.29, 0.717) is 12.8 Å². The third kappa shape index (κ3) is 5.13. The predicted molar refractivity (Wildman–Crippen MR) is 106 cm³/mol. The van der Waals surface area contributed by atoms with E-state index in [9.17, 15) is 19.2 Å². The van der Waals surface area contributed by atoms with Crippen molar-refractivity contribution in [3.05, 3.63) is 35.9 Å². The Morgan fingerprint density at radius 3 is 2.48 bits per heavy atom. The third-order valence-corrected chi connectivity index (χ3v) is 5.70. The van der Waals surface area contributed by atoms with E-state index in [1.54, 1.807) is 6.92 Å². The first kappa shape index (κ1) is 20.8. The lowest BCUT2D eigenvalue weighted by Gasteiger charge is -2.22. The van der Waals surface area contributed by atoms with Gasteiger partial charge in [0.2, 0.25) is 5.91 Å². The summed E-state index contributed by atoms with van der Waals surface area (Å²) in [5, 5.41) is 2.69. The first-order valence-electron chi connectivity index (χ1n) is 10.2. The van der Waals surface area contributed by atoms with Gasteiger partial charge in [0, 0.05) is 5.92 Å². The van der Waals surface area contributed by atoms with Gasteiger partial charge in [-0.05, 0) is 38.2 Å². The van der Waals surface area contributed by atoms with Crippen LogP contribution in [0.25, 0.3) is 0 Å². The zero-order valence-corrected chi connectivity index (χ0v) is 16.7. The number of benzene rings is 1. The number of rotatable bonds is 6. The molecular weight excluding hydrogens is 372 g/mol. The second-order valence-electron chi connectivity index (χ2n) is 8.01. The van der Waals surface area contributed by atoms with Crippen molar-refractivity contribution in [2.75, 3.05) is 6.54 Å². The van der Waals surface area contributed by atoms with Crippen molar-refractivity contribution in [1.82, 2.24) is 21.1 Å². The summed E-state index contributed by atoms with van der Waals surface area (Å²) in [4.78, 5) is 50.2. The molecule has 0 radical (unpaired) electrons. The molecule has 2 fully saturated rings. The fraction of sp³-hybridized carbons (Fsp3) is 0.524. The molecule has 3 rings (SSSR count). The standard InChI is InChI=1S/C21H28N4O4/c1-21(13-12-15-8-4-2-5-9-15)19(28)25(20(29)22-21)14-17(26)23-24-18(27)16-10-6-3-7-11-16/h2,4-5,8-9,16H,3,6-7,10-14H2,1H3,(H,22,29)(H,23,26)(H,24,27)/t21-/m0/s1. The van der Waals surface area contributed by atoms with Gasteiger partial charge in [-0.15, -0.1) is 0 Å². The van der Waals surface area contributed by atoms with Gasteiger partial charge in [-0.2, -0.15) is 0 Å². The molecule has 1 atom stereocenters. The van der Waals surface area contributed by atoms with E-state index in [-0.39, 0.29) is 11.8 Å². The zero-order chi connectivity index (χ0) is 20.9. The topological polar surface area (TPSA) is 108 Å². The van der Waals surface area contributed by atoms with E-state index in [2.05, 4.69) is 16.2 Å². The van der Waals surface area contributed by atoms with Gasteiger partial charge in [0.1, 0.15) is 12.1 Å². The molecule has 0 aromatic heterocycles. The summed E-state index contributed by atoms with van der Waals surface area (Å²) in [6.07, 6.45) is 5.83. The maximum Gasteiger partial charge on any atom is 0.325 e. The normalized spacial score (nSPS) is 22.3. The monoisotopic (exact) mass is 400 g/mol. The largest absolute Gasteiger partial charge is 0.325 e. The van der Waals surface area contributed by atoms with Crippen molar-refractivity contribution < 1.29 is 19.2 Å². The van der Waals surface area contributed by atoms with Gasteiger partial charge in [-0.1, -0.05) is 49.6 Å². The van der Waals surface area contributed by atoms with Crippen LogP contribution >= 0.6 is 0 Å². The minimum absolute atomic E-state index is 0.0953. The Labute approximate surface area is 170 Å². The molecule has 2 aliphatic rings. The van der Waals surface area contributed by atoms with Crippen molar-refractivity contribution in [2.24, 2.45) is 5.92 Å². The minimum atomic E-state index is -1.06. The lowest BCUT2D eigenvalue weighted by molar-refractivity contribution is -0.136. The third-order valence-electron chi connectivity index (χ3n) is 5.70. The molecule has 0 spiro atoms. The van der Waals surface area contributed by atoms with Crippen LogP contribution in [0, 0.1) is 5.92 Å². The van der Waals surface area contributed by atoms with Gasteiger partial charge in [0.25, 0.3) is 11.8 Å². The predicted octanol–water partition coefficient (Wildman–Crippen LogP) is 1.66. The van der Waals surface area contributed by atoms with Crippen LogP contribution in [0.1, 0.15) is 51.0 Å². The molecular formula is C21H28N4O4. The summed E-state index contributed by atoms with van der Waals surface area (Å²) in [7, 11) is 0. The van der Waals surface area contributed by atoms with Crippen LogP contribution in [0.2, 0.25) is 0 Å². The van der Waals surface area contributed by atoms with Crippen LogP contribution in [0.3, 0.4) is 0 Å². The molecule has 1 aliphatic heterocycles. The number of nitrogens with one attached hydrogen (secondary N) is 3. The van der Waals surface area contributed by atoms with Crippen LogP contribution in [0.5, 0.6) is 0 Å². The molecule has 0 bridgehead atoms. The van der Waals surface area contributed by atoms with Crippen LogP contribution in [0.4, 0.5) is 4.79 Å². The quantitative estimate of drug-likeness (QED) is 0.498. The summed E-state index contributed by atoms with van der Waals surface area (Å²) in [5.41, 5.74) is 4.75. The summed E-state index contributed by atoms with van der Waals surface area (Å²) in [6, 6.07) is 9.09. The molecule has 1 heterocycles. The van der Waals surface area contributed by atoms with E-state index in [1.807, 2.05) is 30.3 Å². The molecule has 0 unspecified atom stereocenters. The molecule has 29 heavy (non-hydrogen) atoms. The Bertz CT molecular complexity index is 776. The lowest BCUT2D eigenvalue weighted by atomic mass is 9.89. The number of urea groups is 1. The summed E-state index contributed by atoms with van der Waals surface area (Å²) >= 11 is 0. The van der Waals surface area contributed by atoms with Gasteiger partial charge in [-0.25, -0.2) is 4.79 Å². The number of imide groups is 1. The smallest absolute Gasteiger partial charge is 0.323 e. The van der Waals surface area contributed by atoms with Crippen molar-refractivity contribution in [3.8, 4) is 0 Å². The number of hydrogen-bond acceptors (Lipinski definition) is 4. The highest BCUT2D eigenvalue weighted by Gasteiger charge is 2.47. The van der Waals surface area contributed by atoms with Gasteiger partial charge < -0.3 is 5.32 Å². The molecule has 5 amide bonds. The number of amides is 5. The number of hydrazine groups is 1. The fourth-order valence-corrected chi connectivity index (χ4v) is 3.88. The van der Waals surface area contributed by atoms with Crippen molar-refractivity contribution in [1.29, 1.82) is 0 Å². The maximum absolute atomic E-state index is 12.8. The van der Waals surface area contributed by atoms with E-state index in [4.69, 9.17) is 0 Å². The summed E-state index contributed by atoms with van der Waals surface area (Å²) < 4.78 is 0. The van der Waals surface area contributed by atoms with Gasteiger partial charge in [0.05, 0.1) is 0 Å². The van der Waals surface area contributed by atoms with Crippen LogP contribution in [-0.4, -0.2) is 40.7 Å². The van der Waals surface area contributed by atoms with Crippen molar-refractivity contribution in [3.63, 3.8) is 0 Å². The Morgan fingerprint density at radius 2 is 1.79 bits per heavy atom. The van der Waals surface area contributed by atoms with E-state index >= 15 is 0 Å². The average Bonchev–Trinajstić information content (AvgIpc) is 2.95. The minimum Gasteiger partial charge on any atom is -0.323 e. The SMILES string of the molecule is C[C@@]1(CCc2ccccc2)NC(=O)N(CC(=O)NNC(=O)C2CCCCC2)C1=O. The first-order chi connectivity index (χ1) is 13.9. The number of carbonyl (C=O) groups is 4. The van der Waals surface area contributed by atoms with E-state index in [1.165, 1.54) is 0 Å². The Balaban J connectivity index is 1.49. The number of carbonyl (C=O) groups excluding carboxylic acids is 4. The second kappa shape index (κ2) is 9.07. The fourth-order valence-electron chi connectivity index (χ4n) is 3.88. The number of aryl methyl sites for hydroxylation is 1. The highest BCUT2D eigenvalue weighted by atomic mass is 16.2. The Hall–Kier alpha value is -2.90. The molecule has 1 aromatic rings. The van der Waals surface area contributed by atoms with E-state index in [0.717, 1.165) is 42.6 Å². The van der Waals surface area contributed by atoms with Crippen LogP contribution in [-0.2, 0) is 20.8 Å². The number of hydrogen-bond donors (Lipinski definition) is 3. The molecule has 8 nitrogen and oxygen atoms in total. The maximum atomic E-state index is 12.8. The molecule has 1 saturated heterocycles. The molecule has 8 heteroatoms. The first-order valence-corrected chi connectivity index (χ1v) is 10.2. The average molecular weight is 400 g/mol. The summed E-state index contributed by atoms with van der Waals surface area (Å²) in [6.45, 7) is 1.23. The molecule has 1 saturated carbocycles. The molecule has 156 valence electrons. The highest BCUT2D eigenvalue weighted by molar-refractivity contribution is 6.08. The Kier molecular flexibility index (Phi) is 6.51. The summed E-state index contributed by atoms with van der Waals surface area (Å²) in [5.74, 6) is -1.36. The molecule has 1 aliphatic carbocycles. The lowest BCUT2D eigenvalue weighted by Crippen LogP contribution is -2.50. The van der Waals surface area contributed by atoms with Crippen molar-refractivity contribution >= 4 is 23.8 Å². The second-order valence-corrected chi connectivity index (χ2v) is 8.01. The highest BCUT2D eigenvalue weighted by Crippen LogP contribution is 2.24. The number of nitrogens with zero attached hydrogens (tertiary/aromatic N) is 1. The zero-order valence-electron chi connectivity index (χ0n) is 16.7. The van der Waals surface area contributed by atoms with Crippen molar-refractivity contribution in [2.45, 2.75) is 57.4 Å².